The highest BCUT2D eigenvalue weighted by Crippen LogP contribution is 2.45. The Morgan fingerprint density at radius 2 is 1.84 bits per heavy atom. The van der Waals surface area contributed by atoms with Gasteiger partial charge in [-0.25, -0.2) is 0 Å². The molecule has 0 aromatic carbocycles. The molecule has 19 heavy (non-hydrogen) atoms. The normalized spacial score (nSPS) is 49.7. The van der Waals surface area contributed by atoms with Gasteiger partial charge in [0, 0.05) is 24.4 Å². The van der Waals surface area contributed by atoms with E-state index in [0.717, 1.165) is 23.9 Å². The predicted molar refractivity (Wildman–Crippen MR) is 74.4 cm³/mol. The van der Waals surface area contributed by atoms with Crippen LogP contribution < -0.4 is 17.0 Å². The predicted octanol–water partition coefficient (Wildman–Crippen LogP) is -0.506. The maximum absolute atomic E-state index is 2.89. The second kappa shape index (κ2) is 5.31. The number of hydrogen-bond donors (Lipinski definition) is 0. The van der Waals surface area contributed by atoms with Crippen molar-refractivity contribution < 1.29 is 21.5 Å². The second-order valence-corrected chi connectivity index (χ2v) is 7.76. The first-order valence-electron chi connectivity index (χ1n) is 8.34. The van der Waals surface area contributed by atoms with E-state index in [1.807, 2.05) is 0 Å². The summed E-state index contributed by atoms with van der Waals surface area (Å²) in [5.41, 5.74) is 0. The number of piperidine rings is 4. The molecule has 0 radical (unpaired) electrons. The lowest BCUT2D eigenvalue weighted by molar-refractivity contribution is -0.951. The highest BCUT2D eigenvalue weighted by atomic mass is 79.9. The topological polar surface area (TPSA) is 3.24 Å². The summed E-state index contributed by atoms with van der Waals surface area (Å²) >= 11 is 0. The third-order valence-electron chi connectivity index (χ3n) is 6.70. The summed E-state index contributed by atoms with van der Waals surface area (Å²) in [6.45, 7) is 5.83. The lowest BCUT2D eigenvalue weighted by Gasteiger charge is -2.60. The molecule has 0 spiro atoms. The largest absolute Gasteiger partial charge is 1.00 e. The van der Waals surface area contributed by atoms with Gasteiger partial charge < -0.3 is 21.5 Å². The van der Waals surface area contributed by atoms with E-state index >= 15 is 0 Å². The van der Waals surface area contributed by atoms with E-state index in [2.05, 4.69) is 11.9 Å². The number of hydrogen-bond acceptors (Lipinski definition) is 1. The Bertz CT molecular complexity index is 335. The summed E-state index contributed by atoms with van der Waals surface area (Å²) in [7, 11) is 2.58. The van der Waals surface area contributed by atoms with Gasteiger partial charge in [0.25, 0.3) is 0 Å². The molecule has 0 aromatic rings. The van der Waals surface area contributed by atoms with E-state index in [4.69, 9.17) is 0 Å². The van der Waals surface area contributed by atoms with E-state index in [1.54, 1.807) is 6.42 Å². The third kappa shape index (κ3) is 2.30. The highest BCUT2D eigenvalue weighted by Gasteiger charge is 2.53. The van der Waals surface area contributed by atoms with Crippen molar-refractivity contribution in [3.05, 3.63) is 0 Å². The van der Waals surface area contributed by atoms with Crippen LogP contribution in [0.2, 0.25) is 0 Å². The van der Waals surface area contributed by atoms with Gasteiger partial charge in [-0.15, -0.1) is 0 Å². The van der Waals surface area contributed by atoms with Gasteiger partial charge >= 0.3 is 0 Å². The second-order valence-electron chi connectivity index (χ2n) is 7.76. The molecule has 0 aromatic heterocycles. The van der Waals surface area contributed by atoms with Gasteiger partial charge in [0.05, 0.1) is 26.2 Å². The summed E-state index contributed by atoms with van der Waals surface area (Å²) in [4.78, 5) is 2.89. The molecule has 2 nitrogen and oxygen atoms in total. The summed E-state index contributed by atoms with van der Waals surface area (Å²) in [6.07, 6.45) is 10.5. The Labute approximate surface area is 128 Å². The maximum Gasteiger partial charge on any atom is 0.0929 e. The zero-order valence-electron chi connectivity index (χ0n) is 12.4. The average Bonchev–Trinajstić information content (AvgIpc) is 2.38. The molecule has 0 amide bonds. The van der Waals surface area contributed by atoms with Crippen LogP contribution in [0.1, 0.15) is 44.9 Å². The SMILES string of the molecule is C[N+]12CCCC[C@@H]1[C@H]1C[C@@H](C2)[C@@H]2CCCCN2C1.[Br-]. The summed E-state index contributed by atoms with van der Waals surface area (Å²) < 4.78 is 1.44. The number of nitrogens with zero attached hydrogens (tertiary/aromatic N) is 2. The van der Waals surface area contributed by atoms with Crippen molar-refractivity contribution in [2.45, 2.75) is 57.0 Å². The van der Waals surface area contributed by atoms with Crippen LogP contribution in [0.15, 0.2) is 0 Å². The molecular weight excluding hydrogens is 300 g/mol. The van der Waals surface area contributed by atoms with E-state index < -0.39 is 0 Å². The molecule has 4 aliphatic rings. The molecule has 0 saturated carbocycles. The van der Waals surface area contributed by atoms with Crippen molar-refractivity contribution in [2.24, 2.45) is 11.8 Å². The van der Waals surface area contributed by atoms with Crippen LogP contribution in [0.3, 0.4) is 0 Å². The first-order chi connectivity index (χ1) is 8.76. The summed E-state index contributed by atoms with van der Waals surface area (Å²) in [5, 5.41) is 0. The van der Waals surface area contributed by atoms with Gasteiger partial charge in [-0.05, 0) is 45.1 Å². The molecule has 0 N–H and O–H groups in total. The van der Waals surface area contributed by atoms with Crippen LogP contribution in [-0.2, 0) is 0 Å². The number of quaternary nitrogens is 1. The average molecular weight is 329 g/mol. The number of halogens is 1. The van der Waals surface area contributed by atoms with E-state index in [0.29, 0.717) is 0 Å². The molecule has 4 rings (SSSR count). The van der Waals surface area contributed by atoms with Gasteiger partial charge in [0.15, 0.2) is 0 Å². The van der Waals surface area contributed by atoms with Gasteiger partial charge in [-0.3, -0.25) is 4.90 Å². The molecule has 5 atom stereocenters. The van der Waals surface area contributed by atoms with Crippen LogP contribution in [0.5, 0.6) is 0 Å². The first kappa shape index (κ1) is 14.3. The zero-order valence-corrected chi connectivity index (χ0v) is 13.9. The molecular formula is C16H29BrN2. The molecule has 4 aliphatic heterocycles. The Balaban J connectivity index is 0.00000110. The molecule has 4 heterocycles. The molecule has 1 unspecified atom stereocenters. The molecule has 2 bridgehead atoms. The Morgan fingerprint density at radius 1 is 1.00 bits per heavy atom. The lowest BCUT2D eigenvalue weighted by atomic mass is 9.70. The fourth-order valence-electron chi connectivity index (χ4n) is 5.99. The van der Waals surface area contributed by atoms with Crippen molar-refractivity contribution in [1.29, 1.82) is 0 Å². The van der Waals surface area contributed by atoms with E-state index in [9.17, 15) is 0 Å². The molecule has 0 aliphatic carbocycles. The van der Waals surface area contributed by atoms with Crippen molar-refractivity contribution in [2.75, 3.05) is 33.2 Å². The fourth-order valence-corrected chi connectivity index (χ4v) is 5.99. The Kier molecular flexibility index (Phi) is 4.01. The van der Waals surface area contributed by atoms with Crippen molar-refractivity contribution in [3.8, 4) is 0 Å². The van der Waals surface area contributed by atoms with Crippen molar-refractivity contribution in [3.63, 3.8) is 0 Å². The van der Waals surface area contributed by atoms with E-state index in [1.165, 1.54) is 69.2 Å². The fraction of sp³-hybridized carbons (Fsp3) is 1.00. The van der Waals surface area contributed by atoms with Gasteiger partial charge in [-0.2, -0.15) is 0 Å². The minimum Gasteiger partial charge on any atom is -1.00 e. The van der Waals surface area contributed by atoms with Crippen LogP contribution in [0.25, 0.3) is 0 Å². The summed E-state index contributed by atoms with van der Waals surface area (Å²) in [5.74, 6) is 2.06. The van der Waals surface area contributed by atoms with Crippen LogP contribution in [0.4, 0.5) is 0 Å². The monoisotopic (exact) mass is 328 g/mol. The van der Waals surface area contributed by atoms with Gasteiger partial charge in [-0.1, -0.05) is 6.42 Å². The maximum atomic E-state index is 2.89. The minimum absolute atomic E-state index is 0. The smallest absolute Gasteiger partial charge is 0.0929 e. The molecule has 3 heteroatoms. The van der Waals surface area contributed by atoms with Crippen molar-refractivity contribution >= 4 is 0 Å². The Morgan fingerprint density at radius 3 is 2.74 bits per heavy atom. The number of rotatable bonds is 0. The van der Waals surface area contributed by atoms with Gasteiger partial charge in [0.2, 0.25) is 0 Å². The van der Waals surface area contributed by atoms with Crippen LogP contribution in [0, 0.1) is 11.8 Å². The third-order valence-corrected chi connectivity index (χ3v) is 6.70. The Hall–Kier alpha value is 0.400. The molecule has 110 valence electrons. The standard InChI is InChI=1S/C16H29N2.BrH/c1-18-9-5-3-7-16(18)13-10-14(12-18)15-6-2-4-8-17(15)11-13;/h13-16H,2-12H2,1H3;1H/q+1;/p-1/t13-,14-,15-,16+,18?;/m0./s1. The lowest BCUT2D eigenvalue weighted by Crippen LogP contribution is -3.00. The van der Waals surface area contributed by atoms with Gasteiger partial charge in [0.1, 0.15) is 0 Å². The van der Waals surface area contributed by atoms with E-state index in [-0.39, 0.29) is 17.0 Å². The number of fused-ring (bicyclic) bond motifs is 6. The minimum atomic E-state index is 0. The van der Waals surface area contributed by atoms with Crippen LogP contribution >= 0.6 is 0 Å². The highest BCUT2D eigenvalue weighted by molar-refractivity contribution is 4.96. The van der Waals surface area contributed by atoms with Crippen LogP contribution in [-0.4, -0.2) is 54.7 Å². The summed E-state index contributed by atoms with van der Waals surface area (Å²) in [6, 6.07) is 1.98. The van der Waals surface area contributed by atoms with Crippen molar-refractivity contribution in [1.82, 2.24) is 4.90 Å². The first-order valence-corrected chi connectivity index (χ1v) is 8.34. The zero-order chi connectivity index (χ0) is 12.2. The quantitative estimate of drug-likeness (QED) is 0.542. The molecule has 4 fully saturated rings. The molecule has 4 saturated heterocycles.